The molecule has 128 valence electrons. The van der Waals surface area contributed by atoms with E-state index in [0.717, 1.165) is 34.5 Å². The van der Waals surface area contributed by atoms with Crippen molar-refractivity contribution in [2.24, 2.45) is 0 Å². The number of nitrogens with zero attached hydrogens (tertiary/aromatic N) is 1. The highest BCUT2D eigenvalue weighted by molar-refractivity contribution is 8.00. The van der Waals surface area contributed by atoms with Gasteiger partial charge in [0.1, 0.15) is 11.6 Å². The van der Waals surface area contributed by atoms with Crippen molar-refractivity contribution in [3.05, 3.63) is 59.7 Å². The molecule has 0 unspecified atom stereocenters. The zero-order valence-corrected chi connectivity index (χ0v) is 14.6. The standard InChI is InChI=1S/C16H15F2NO3S2/c1-19(24(2,21)22)13-6-3-11(4-7-13)15(20)10-23-16-8-5-12(17)9-14(16)18/h3-9H,10H2,1-2H3. The number of carbonyl (C=O) groups excluding carboxylic acids is 1. The first-order chi connectivity index (χ1) is 11.2. The van der Waals surface area contributed by atoms with Crippen LogP contribution in [0.4, 0.5) is 14.5 Å². The van der Waals surface area contributed by atoms with Gasteiger partial charge in [0.05, 0.1) is 17.7 Å². The average molecular weight is 371 g/mol. The SMILES string of the molecule is CN(c1ccc(C(=O)CSc2ccc(F)cc2F)cc1)S(C)(=O)=O. The van der Waals surface area contributed by atoms with Gasteiger partial charge in [-0.2, -0.15) is 0 Å². The van der Waals surface area contributed by atoms with E-state index in [-0.39, 0.29) is 16.4 Å². The van der Waals surface area contributed by atoms with Gasteiger partial charge in [0, 0.05) is 23.6 Å². The highest BCUT2D eigenvalue weighted by Gasteiger charge is 2.14. The molecule has 0 bridgehead atoms. The van der Waals surface area contributed by atoms with Crippen molar-refractivity contribution in [3.63, 3.8) is 0 Å². The number of Topliss-reactive ketones (excluding diaryl/α,β-unsaturated/α-hetero) is 1. The molecule has 2 aromatic rings. The fourth-order valence-corrected chi connectivity index (χ4v) is 3.19. The van der Waals surface area contributed by atoms with Crippen LogP contribution in [-0.4, -0.2) is 33.3 Å². The Kier molecular flexibility index (Phi) is 5.61. The van der Waals surface area contributed by atoms with E-state index in [1.807, 2.05) is 0 Å². The fourth-order valence-electron chi connectivity index (χ4n) is 1.87. The second-order valence-electron chi connectivity index (χ2n) is 5.06. The molecule has 0 atom stereocenters. The van der Waals surface area contributed by atoms with E-state index in [1.54, 1.807) is 0 Å². The van der Waals surface area contributed by atoms with Crippen LogP contribution in [0.3, 0.4) is 0 Å². The van der Waals surface area contributed by atoms with Crippen LogP contribution in [-0.2, 0) is 10.0 Å². The number of hydrogen-bond acceptors (Lipinski definition) is 4. The second kappa shape index (κ2) is 7.31. The Balaban J connectivity index is 2.05. The number of hydrogen-bond donors (Lipinski definition) is 0. The molecule has 0 N–H and O–H groups in total. The van der Waals surface area contributed by atoms with Crippen LogP contribution in [0.25, 0.3) is 0 Å². The van der Waals surface area contributed by atoms with E-state index in [2.05, 4.69) is 0 Å². The van der Waals surface area contributed by atoms with Crippen molar-refractivity contribution < 1.29 is 22.0 Å². The maximum atomic E-state index is 13.5. The van der Waals surface area contributed by atoms with Gasteiger partial charge in [0.2, 0.25) is 10.0 Å². The zero-order chi connectivity index (χ0) is 17.9. The molecule has 0 saturated heterocycles. The van der Waals surface area contributed by atoms with Crippen LogP contribution in [0.1, 0.15) is 10.4 Å². The summed E-state index contributed by atoms with van der Waals surface area (Å²) in [6, 6.07) is 9.26. The summed E-state index contributed by atoms with van der Waals surface area (Å²) in [4.78, 5) is 12.3. The number of anilines is 1. The lowest BCUT2D eigenvalue weighted by atomic mass is 10.1. The molecule has 2 aromatic carbocycles. The molecular weight excluding hydrogens is 356 g/mol. The van der Waals surface area contributed by atoms with E-state index in [0.29, 0.717) is 11.3 Å². The third kappa shape index (κ3) is 4.55. The molecular formula is C16H15F2NO3S2. The summed E-state index contributed by atoms with van der Waals surface area (Å²) in [7, 11) is -1.96. The van der Waals surface area contributed by atoms with Crippen LogP contribution >= 0.6 is 11.8 Å². The maximum absolute atomic E-state index is 13.5. The quantitative estimate of drug-likeness (QED) is 0.577. The summed E-state index contributed by atoms with van der Waals surface area (Å²) in [5, 5.41) is 0. The Morgan fingerprint density at radius 2 is 1.75 bits per heavy atom. The van der Waals surface area contributed by atoms with Crippen LogP contribution < -0.4 is 4.31 Å². The number of halogens is 2. The Morgan fingerprint density at radius 3 is 2.29 bits per heavy atom. The number of rotatable bonds is 6. The molecule has 0 radical (unpaired) electrons. The first-order valence-corrected chi connectivity index (χ1v) is 9.67. The normalized spacial score (nSPS) is 11.3. The van der Waals surface area contributed by atoms with Crippen molar-refractivity contribution in [1.29, 1.82) is 0 Å². The van der Waals surface area contributed by atoms with Crippen molar-refractivity contribution in [3.8, 4) is 0 Å². The minimum absolute atomic E-state index is 0.0101. The summed E-state index contributed by atoms with van der Waals surface area (Å²) in [5.74, 6) is -1.63. The summed E-state index contributed by atoms with van der Waals surface area (Å²) in [5.41, 5.74) is 0.821. The molecule has 0 heterocycles. The molecule has 4 nitrogen and oxygen atoms in total. The van der Waals surface area contributed by atoms with E-state index in [4.69, 9.17) is 0 Å². The Morgan fingerprint density at radius 1 is 1.12 bits per heavy atom. The maximum Gasteiger partial charge on any atom is 0.231 e. The van der Waals surface area contributed by atoms with Gasteiger partial charge in [-0.25, -0.2) is 17.2 Å². The molecule has 0 aliphatic carbocycles. The minimum Gasteiger partial charge on any atom is -0.293 e. The Labute approximate surface area is 143 Å². The van der Waals surface area contributed by atoms with Gasteiger partial charge in [-0.1, -0.05) is 0 Å². The van der Waals surface area contributed by atoms with Crippen LogP contribution in [0.15, 0.2) is 47.4 Å². The molecule has 0 spiro atoms. The predicted octanol–water partition coefficient (Wildman–Crippen LogP) is 3.34. The van der Waals surface area contributed by atoms with Gasteiger partial charge in [-0.15, -0.1) is 11.8 Å². The van der Waals surface area contributed by atoms with Crippen molar-refractivity contribution in [2.45, 2.75) is 4.90 Å². The summed E-state index contributed by atoms with van der Waals surface area (Å²) in [6.07, 6.45) is 1.08. The number of ketones is 1. The highest BCUT2D eigenvalue weighted by Crippen LogP contribution is 2.24. The monoisotopic (exact) mass is 371 g/mol. The summed E-state index contributed by atoms with van der Waals surface area (Å²) >= 11 is 0.976. The van der Waals surface area contributed by atoms with Gasteiger partial charge in [0.15, 0.2) is 5.78 Å². The van der Waals surface area contributed by atoms with Crippen LogP contribution in [0.2, 0.25) is 0 Å². The van der Waals surface area contributed by atoms with Gasteiger partial charge in [-0.05, 0) is 36.4 Å². The van der Waals surface area contributed by atoms with Gasteiger partial charge in [0.25, 0.3) is 0 Å². The number of sulfonamides is 1. The first-order valence-electron chi connectivity index (χ1n) is 6.83. The van der Waals surface area contributed by atoms with Gasteiger partial charge < -0.3 is 0 Å². The first kappa shape index (κ1) is 18.4. The lowest BCUT2D eigenvalue weighted by molar-refractivity contribution is 0.102. The largest absolute Gasteiger partial charge is 0.293 e. The lowest BCUT2D eigenvalue weighted by Gasteiger charge is -2.16. The van der Waals surface area contributed by atoms with E-state index < -0.39 is 21.7 Å². The van der Waals surface area contributed by atoms with Crippen LogP contribution in [0.5, 0.6) is 0 Å². The molecule has 24 heavy (non-hydrogen) atoms. The van der Waals surface area contributed by atoms with E-state index in [1.165, 1.54) is 37.4 Å². The highest BCUT2D eigenvalue weighted by atomic mass is 32.2. The second-order valence-corrected chi connectivity index (χ2v) is 8.09. The molecule has 0 aromatic heterocycles. The molecule has 8 heteroatoms. The molecule has 0 aliphatic rings. The summed E-state index contributed by atoms with van der Waals surface area (Å²) in [6.45, 7) is 0. The predicted molar refractivity (Wildman–Crippen MR) is 91.1 cm³/mol. The number of benzene rings is 2. The fraction of sp³-hybridized carbons (Fsp3) is 0.188. The van der Waals surface area contributed by atoms with Gasteiger partial charge >= 0.3 is 0 Å². The van der Waals surface area contributed by atoms with Gasteiger partial charge in [-0.3, -0.25) is 9.10 Å². The van der Waals surface area contributed by atoms with Crippen molar-refractivity contribution >= 4 is 33.3 Å². The number of thioether (sulfide) groups is 1. The molecule has 0 saturated carbocycles. The topological polar surface area (TPSA) is 54.5 Å². The van der Waals surface area contributed by atoms with E-state index in [9.17, 15) is 22.0 Å². The number of carbonyl (C=O) groups is 1. The average Bonchev–Trinajstić information content (AvgIpc) is 2.52. The Hall–Kier alpha value is -1.93. The molecule has 0 amide bonds. The smallest absolute Gasteiger partial charge is 0.231 e. The third-order valence-corrected chi connectivity index (χ3v) is 5.56. The minimum atomic E-state index is -3.37. The molecule has 2 rings (SSSR count). The lowest BCUT2D eigenvalue weighted by Crippen LogP contribution is -2.24. The Bertz CT molecular complexity index is 852. The third-order valence-electron chi connectivity index (χ3n) is 3.30. The van der Waals surface area contributed by atoms with Crippen LogP contribution in [0, 0.1) is 11.6 Å². The summed E-state index contributed by atoms with van der Waals surface area (Å²) < 4.78 is 50.4. The molecule has 0 aliphatic heterocycles. The van der Waals surface area contributed by atoms with Crippen molar-refractivity contribution in [1.82, 2.24) is 0 Å². The van der Waals surface area contributed by atoms with Crippen molar-refractivity contribution in [2.75, 3.05) is 23.4 Å². The zero-order valence-electron chi connectivity index (χ0n) is 13.0. The van der Waals surface area contributed by atoms with E-state index >= 15 is 0 Å². The molecule has 0 fully saturated rings.